The summed E-state index contributed by atoms with van der Waals surface area (Å²) < 4.78 is 0. The Balaban J connectivity index is 1.77. The Kier molecular flexibility index (Phi) is 4.08. The number of aliphatic hydroxyl groups excluding tert-OH is 1. The molecule has 4 unspecified atom stereocenters. The van der Waals surface area contributed by atoms with E-state index in [1.54, 1.807) is 0 Å². The molecule has 2 saturated carbocycles. The number of aliphatic hydroxyl groups is 1. The molecule has 0 aromatic carbocycles. The predicted octanol–water partition coefficient (Wildman–Crippen LogP) is 1.95. The summed E-state index contributed by atoms with van der Waals surface area (Å²) in [6, 6.07) is -0.0823. The van der Waals surface area contributed by atoms with Crippen LogP contribution in [0.5, 0.6) is 0 Å². The summed E-state index contributed by atoms with van der Waals surface area (Å²) in [5, 5.41) is 12.2. The van der Waals surface area contributed by atoms with Gasteiger partial charge in [0.2, 0.25) is 5.91 Å². The summed E-state index contributed by atoms with van der Waals surface area (Å²) in [4.78, 5) is 11.9. The van der Waals surface area contributed by atoms with Gasteiger partial charge in [0.05, 0.1) is 12.6 Å². The molecule has 2 aliphatic carbocycles. The van der Waals surface area contributed by atoms with Crippen molar-refractivity contribution in [3.8, 4) is 0 Å². The van der Waals surface area contributed by atoms with Gasteiger partial charge in [-0.15, -0.1) is 0 Å². The van der Waals surface area contributed by atoms with Crippen LogP contribution in [0, 0.1) is 23.7 Å². The van der Waals surface area contributed by atoms with Gasteiger partial charge in [0.25, 0.3) is 0 Å². The van der Waals surface area contributed by atoms with Crippen molar-refractivity contribution in [3.63, 3.8) is 0 Å². The monoisotopic (exact) mass is 239 g/mol. The first-order chi connectivity index (χ1) is 8.10. The van der Waals surface area contributed by atoms with E-state index < -0.39 is 0 Å². The van der Waals surface area contributed by atoms with Crippen LogP contribution < -0.4 is 5.32 Å². The minimum atomic E-state index is -0.0823. The highest BCUT2D eigenvalue weighted by atomic mass is 16.3. The molecular formula is C14H25NO2. The van der Waals surface area contributed by atoms with Crippen molar-refractivity contribution in [2.45, 2.75) is 52.0 Å². The van der Waals surface area contributed by atoms with Gasteiger partial charge in [0, 0.05) is 6.42 Å². The summed E-state index contributed by atoms with van der Waals surface area (Å²) in [5.74, 6) is 2.74. The topological polar surface area (TPSA) is 49.3 Å². The molecule has 98 valence electrons. The van der Waals surface area contributed by atoms with Crippen LogP contribution >= 0.6 is 0 Å². The maximum atomic E-state index is 11.9. The fourth-order valence-electron chi connectivity index (χ4n) is 3.55. The lowest BCUT2D eigenvalue weighted by Crippen LogP contribution is -2.42. The lowest BCUT2D eigenvalue weighted by atomic mass is 9.86. The normalized spacial score (nSPS) is 33.1. The minimum absolute atomic E-state index is 0.0418. The van der Waals surface area contributed by atoms with Gasteiger partial charge in [0.1, 0.15) is 0 Å². The van der Waals surface area contributed by atoms with Crippen LogP contribution in [0.2, 0.25) is 0 Å². The molecule has 2 N–H and O–H groups in total. The highest BCUT2D eigenvalue weighted by molar-refractivity contribution is 5.76. The fraction of sp³-hybridized carbons (Fsp3) is 0.929. The van der Waals surface area contributed by atoms with Crippen LogP contribution in [-0.2, 0) is 4.79 Å². The van der Waals surface area contributed by atoms with E-state index in [0.717, 1.165) is 11.8 Å². The van der Waals surface area contributed by atoms with E-state index in [1.165, 1.54) is 25.7 Å². The first kappa shape index (κ1) is 12.9. The van der Waals surface area contributed by atoms with Crippen molar-refractivity contribution in [1.29, 1.82) is 0 Å². The summed E-state index contributed by atoms with van der Waals surface area (Å²) in [7, 11) is 0. The summed E-state index contributed by atoms with van der Waals surface area (Å²) in [6.07, 6.45) is 5.99. The number of hydrogen-bond donors (Lipinski definition) is 2. The molecule has 0 aromatic rings. The quantitative estimate of drug-likeness (QED) is 0.770. The van der Waals surface area contributed by atoms with Crippen molar-refractivity contribution in [3.05, 3.63) is 0 Å². The van der Waals surface area contributed by atoms with E-state index in [4.69, 9.17) is 0 Å². The van der Waals surface area contributed by atoms with Crippen LogP contribution in [0.25, 0.3) is 0 Å². The highest BCUT2D eigenvalue weighted by Gasteiger charge is 2.40. The number of carbonyl (C=O) groups excluding carboxylic acids is 1. The Hall–Kier alpha value is -0.570. The van der Waals surface area contributed by atoms with E-state index in [1.807, 2.05) is 13.8 Å². The zero-order valence-electron chi connectivity index (χ0n) is 11.0. The van der Waals surface area contributed by atoms with Crippen molar-refractivity contribution >= 4 is 5.91 Å². The van der Waals surface area contributed by atoms with Gasteiger partial charge in [-0.1, -0.05) is 20.3 Å². The van der Waals surface area contributed by atoms with Crippen molar-refractivity contribution in [1.82, 2.24) is 5.32 Å². The summed E-state index contributed by atoms with van der Waals surface area (Å²) in [6.45, 7) is 4.09. The van der Waals surface area contributed by atoms with E-state index in [-0.39, 0.29) is 18.6 Å². The SMILES string of the molecule is CC(C)C(CO)NC(=O)CC1CC2CCC1C2. The van der Waals surface area contributed by atoms with Gasteiger partial charge < -0.3 is 10.4 Å². The molecule has 0 saturated heterocycles. The number of rotatable bonds is 5. The average Bonchev–Trinajstić information content (AvgIpc) is 2.87. The molecule has 0 heterocycles. The third kappa shape index (κ3) is 3.01. The molecular weight excluding hydrogens is 214 g/mol. The van der Waals surface area contributed by atoms with Gasteiger partial charge >= 0.3 is 0 Å². The van der Waals surface area contributed by atoms with Crippen LogP contribution in [-0.4, -0.2) is 23.7 Å². The number of amides is 1. The molecule has 4 atom stereocenters. The predicted molar refractivity (Wildman–Crippen MR) is 67.4 cm³/mol. The molecule has 0 aliphatic heterocycles. The van der Waals surface area contributed by atoms with Gasteiger partial charge in [-0.25, -0.2) is 0 Å². The first-order valence-electron chi connectivity index (χ1n) is 7.00. The summed E-state index contributed by atoms with van der Waals surface area (Å²) >= 11 is 0. The van der Waals surface area contributed by atoms with Crippen molar-refractivity contribution in [2.75, 3.05) is 6.61 Å². The fourth-order valence-corrected chi connectivity index (χ4v) is 3.55. The zero-order chi connectivity index (χ0) is 12.4. The Morgan fingerprint density at radius 1 is 1.35 bits per heavy atom. The zero-order valence-corrected chi connectivity index (χ0v) is 11.0. The molecule has 2 fully saturated rings. The van der Waals surface area contributed by atoms with Crippen molar-refractivity contribution < 1.29 is 9.90 Å². The molecule has 0 radical (unpaired) electrons. The largest absolute Gasteiger partial charge is 0.394 e. The molecule has 2 bridgehead atoms. The number of nitrogens with one attached hydrogen (secondary N) is 1. The Labute approximate surface area is 104 Å². The van der Waals surface area contributed by atoms with Gasteiger partial charge in [-0.3, -0.25) is 4.79 Å². The first-order valence-corrected chi connectivity index (χ1v) is 7.00. The molecule has 2 rings (SSSR count). The number of hydrogen-bond acceptors (Lipinski definition) is 2. The molecule has 3 nitrogen and oxygen atoms in total. The third-order valence-corrected chi connectivity index (χ3v) is 4.68. The Bertz CT molecular complexity index is 277. The summed E-state index contributed by atoms with van der Waals surface area (Å²) in [5.41, 5.74) is 0. The molecule has 0 spiro atoms. The molecule has 0 aromatic heterocycles. The maximum Gasteiger partial charge on any atom is 0.220 e. The van der Waals surface area contributed by atoms with Crippen molar-refractivity contribution in [2.24, 2.45) is 23.7 Å². The van der Waals surface area contributed by atoms with Gasteiger partial charge in [-0.2, -0.15) is 0 Å². The number of fused-ring (bicyclic) bond motifs is 2. The molecule has 17 heavy (non-hydrogen) atoms. The van der Waals surface area contributed by atoms with E-state index in [2.05, 4.69) is 5.32 Å². The molecule has 3 heteroatoms. The second kappa shape index (κ2) is 5.38. The van der Waals surface area contributed by atoms with Gasteiger partial charge in [0.15, 0.2) is 0 Å². The standard InChI is InChI=1S/C14H25NO2/c1-9(2)13(8-16)15-14(17)7-12-6-10-3-4-11(12)5-10/h9-13,16H,3-8H2,1-2H3,(H,15,17). The van der Waals surface area contributed by atoms with Crippen LogP contribution in [0.1, 0.15) is 46.0 Å². The second-order valence-electron chi connectivity index (χ2n) is 6.24. The van der Waals surface area contributed by atoms with E-state index in [0.29, 0.717) is 18.3 Å². The van der Waals surface area contributed by atoms with Gasteiger partial charge in [-0.05, 0) is 42.9 Å². The lowest BCUT2D eigenvalue weighted by molar-refractivity contribution is -0.123. The third-order valence-electron chi connectivity index (χ3n) is 4.68. The molecule has 1 amide bonds. The van der Waals surface area contributed by atoms with Crippen LogP contribution in [0.4, 0.5) is 0 Å². The van der Waals surface area contributed by atoms with Crippen LogP contribution in [0.3, 0.4) is 0 Å². The van der Waals surface area contributed by atoms with E-state index in [9.17, 15) is 9.90 Å². The maximum absolute atomic E-state index is 11.9. The smallest absolute Gasteiger partial charge is 0.220 e. The second-order valence-corrected chi connectivity index (χ2v) is 6.24. The Morgan fingerprint density at radius 2 is 2.12 bits per heavy atom. The Morgan fingerprint density at radius 3 is 2.59 bits per heavy atom. The van der Waals surface area contributed by atoms with E-state index >= 15 is 0 Å². The number of carbonyl (C=O) groups is 1. The minimum Gasteiger partial charge on any atom is -0.394 e. The van der Waals surface area contributed by atoms with Crippen LogP contribution in [0.15, 0.2) is 0 Å². The molecule has 2 aliphatic rings. The lowest BCUT2D eigenvalue weighted by Gasteiger charge is -2.24. The highest BCUT2D eigenvalue weighted by Crippen LogP contribution is 2.49. The average molecular weight is 239 g/mol.